The lowest BCUT2D eigenvalue weighted by Gasteiger charge is -2.17. The lowest BCUT2D eigenvalue weighted by molar-refractivity contribution is -0.274. The van der Waals surface area contributed by atoms with E-state index in [4.69, 9.17) is 4.52 Å². The van der Waals surface area contributed by atoms with E-state index < -0.39 is 6.36 Å². The molecule has 0 spiro atoms. The van der Waals surface area contributed by atoms with Gasteiger partial charge in [0.05, 0.1) is 12.1 Å². The van der Waals surface area contributed by atoms with E-state index in [-0.39, 0.29) is 23.0 Å². The molecule has 1 saturated heterocycles. The molecule has 0 N–H and O–H groups in total. The Balaban J connectivity index is 1.35. The highest BCUT2D eigenvalue weighted by Crippen LogP contribution is 2.27. The van der Waals surface area contributed by atoms with Crippen molar-refractivity contribution in [1.29, 1.82) is 0 Å². The fourth-order valence-corrected chi connectivity index (χ4v) is 3.92. The van der Waals surface area contributed by atoms with Crippen molar-refractivity contribution in [2.24, 2.45) is 0 Å². The molecule has 1 aliphatic heterocycles. The second-order valence-electron chi connectivity index (χ2n) is 8.10. The monoisotopic (exact) mass is 483 g/mol. The van der Waals surface area contributed by atoms with E-state index in [9.17, 15) is 18.0 Å². The number of hydrogen-bond donors (Lipinski definition) is 0. The summed E-state index contributed by atoms with van der Waals surface area (Å²) in [7, 11) is 0. The van der Waals surface area contributed by atoms with Crippen LogP contribution in [0.5, 0.6) is 5.75 Å². The van der Waals surface area contributed by atoms with Crippen LogP contribution in [-0.4, -0.2) is 39.1 Å². The summed E-state index contributed by atoms with van der Waals surface area (Å²) >= 11 is 0. The third kappa shape index (κ3) is 5.34. The Morgan fingerprint density at radius 3 is 2.49 bits per heavy atom. The highest BCUT2D eigenvalue weighted by molar-refractivity contribution is 5.60. The number of nitrogens with zero attached hydrogens (tertiary/aromatic N) is 5. The van der Waals surface area contributed by atoms with Crippen molar-refractivity contribution in [1.82, 2.24) is 19.7 Å². The number of ether oxygens (including phenoxy) is 1. The summed E-state index contributed by atoms with van der Waals surface area (Å²) in [6.07, 6.45) is 0.898. The quantitative estimate of drug-likeness (QED) is 0.399. The lowest BCUT2D eigenvalue weighted by atomic mass is 10.2. The minimum atomic E-state index is -4.77. The summed E-state index contributed by atoms with van der Waals surface area (Å²) in [5.74, 6) is 0.927. The molecule has 4 heterocycles. The standard InChI is InChI=1S/C24H20F3N5O3/c25-24(26,27)34-19-6-3-17(4-7-19)22-29-23(35-30-22)18-5-8-21(33)32(15-18)14-16-9-10-28-20(13-16)31-11-1-2-12-31/h3-10,13,15H,1-2,11-12,14H2. The lowest BCUT2D eigenvalue weighted by Crippen LogP contribution is -2.21. The molecular weight excluding hydrogens is 463 g/mol. The van der Waals surface area contributed by atoms with Crippen LogP contribution in [0.3, 0.4) is 0 Å². The van der Waals surface area contributed by atoms with E-state index in [1.54, 1.807) is 23.0 Å². The molecule has 4 aromatic rings. The van der Waals surface area contributed by atoms with Crippen molar-refractivity contribution < 1.29 is 22.4 Å². The Morgan fingerprint density at radius 2 is 1.74 bits per heavy atom. The van der Waals surface area contributed by atoms with Gasteiger partial charge in [-0.2, -0.15) is 4.98 Å². The van der Waals surface area contributed by atoms with Crippen LogP contribution in [0.1, 0.15) is 18.4 Å². The molecule has 0 unspecified atom stereocenters. The zero-order chi connectivity index (χ0) is 24.4. The van der Waals surface area contributed by atoms with Crippen LogP contribution in [0.15, 0.2) is 70.2 Å². The predicted octanol–water partition coefficient (Wildman–Crippen LogP) is 4.51. The number of alkyl halides is 3. The van der Waals surface area contributed by atoms with Gasteiger partial charge in [-0.05, 0) is 60.9 Å². The topological polar surface area (TPSA) is 86.3 Å². The van der Waals surface area contributed by atoms with Crippen molar-refractivity contribution in [2.75, 3.05) is 18.0 Å². The Bertz CT molecular complexity index is 1380. The summed E-state index contributed by atoms with van der Waals surface area (Å²) in [6, 6.07) is 12.0. The van der Waals surface area contributed by atoms with E-state index in [2.05, 4.69) is 24.8 Å². The van der Waals surface area contributed by atoms with Crippen LogP contribution in [-0.2, 0) is 6.54 Å². The van der Waals surface area contributed by atoms with Gasteiger partial charge in [0.1, 0.15) is 11.6 Å². The molecule has 0 amide bonds. The van der Waals surface area contributed by atoms with Crippen LogP contribution < -0.4 is 15.2 Å². The van der Waals surface area contributed by atoms with Crippen LogP contribution in [0.25, 0.3) is 22.8 Å². The number of hydrogen-bond acceptors (Lipinski definition) is 7. The first-order valence-corrected chi connectivity index (χ1v) is 10.9. The van der Waals surface area contributed by atoms with Crippen LogP contribution in [0.4, 0.5) is 19.0 Å². The molecule has 1 aromatic carbocycles. The van der Waals surface area contributed by atoms with Gasteiger partial charge in [-0.15, -0.1) is 13.2 Å². The molecule has 5 rings (SSSR count). The van der Waals surface area contributed by atoms with Gasteiger partial charge < -0.3 is 18.7 Å². The number of aromatic nitrogens is 4. The summed E-state index contributed by atoms with van der Waals surface area (Å²) in [5.41, 5.74) is 1.74. The number of rotatable bonds is 6. The van der Waals surface area contributed by atoms with Gasteiger partial charge in [-0.3, -0.25) is 4.79 Å². The molecule has 8 nitrogen and oxygen atoms in total. The van der Waals surface area contributed by atoms with E-state index in [1.807, 2.05) is 12.1 Å². The predicted molar refractivity (Wildman–Crippen MR) is 121 cm³/mol. The highest BCUT2D eigenvalue weighted by Gasteiger charge is 2.31. The molecule has 11 heteroatoms. The number of pyridine rings is 2. The summed E-state index contributed by atoms with van der Waals surface area (Å²) < 4.78 is 47.8. The van der Waals surface area contributed by atoms with Gasteiger partial charge in [0.15, 0.2) is 0 Å². The van der Waals surface area contributed by atoms with Crippen molar-refractivity contribution in [3.8, 4) is 28.6 Å². The third-order valence-electron chi connectivity index (χ3n) is 5.60. The SMILES string of the molecule is O=c1ccc(-c2nc(-c3ccc(OC(F)(F)F)cc3)no2)cn1Cc1ccnc(N2CCCC2)c1. The van der Waals surface area contributed by atoms with E-state index in [0.717, 1.165) is 37.3 Å². The van der Waals surface area contributed by atoms with Crippen LogP contribution in [0.2, 0.25) is 0 Å². The molecule has 0 radical (unpaired) electrons. The minimum absolute atomic E-state index is 0.178. The van der Waals surface area contributed by atoms with Crippen LogP contribution in [0, 0.1) is 0 Å². The van der Waals surface area contributed by atoms with Crippen molar-refractivity contribution in [3.63, 3.8) is 0 Å². The van der Waals surface area contributed by atoms with Gasteiger partial charge in [0, 0.05) is 37.1 Å². The van der Waals surface area contributed by atoms with E-state index in [0.29, 0.717) is 17.7 Å². The van der Waals surface area contributed by atoms with Crippen molar-refractivity contribution in [3.05, 3.63) is 76.8 Å². The molecule has 3 aromatic heterocycles. The van der Waals surface area contributed by atoms with Gasteiger partial charge >= 0.3 is 6.36 Å². The first kappa shape index (κ1) is 22.6. The fraction of sp³-hybridized carbons (Fsp3) is 0.250. The zero-order valence-corrected chi connectivity index (χ0v) is 18.4. The maximum Gasteiger partial charge on any atom is 0.573 e. The molecule has 0 bridgehead atoms. The van der Waals surface area contributed by atoms with Gasteiger partial charge in [0.2, 0.25) is 5.82 Å². The number of anilines is 1. The van der Waals surface area contributed by atoms with Crippen LogP contribution >= 0.6 is 0 Å². The molecule has 1 fully saturated rings. The normalized spacial score (nSPS) is 13.9. The van der Waals surface area contributed by atoms with E-state index >= 15 is 0 Å². The highest BCUT2D eigenvalue weighted by atomic mass is 19.4. The maximum atomic E-state index is 12.5. The minimum Gasteiger partial charge on any atom is -0.406 e. The van der Waals surface area contributed by atoms with Gasteiger partial charge in [-0.1, -0.05) is 5.16 Å². The molecule has 0 atom stereocenters. The Labute approximate surface area is 197 Å². The van der Waals surface area contributed by atoms with Gasteiger partial charge in [0.25, 0.3) is 11.4 Å². The second kappa shape index (κ2) is 9.24. The Hall–Kier alpha value is -4.15. The Morgan fingerprint density at radius 1 is 1.00 bits per heavy atom. The Kier molecular flexibility index (Phi) is 5.98. The third-order valence-corrected chi connectivity index (χ3v) is 5.60. The van der Waals surface area contributed by atoms with Crippen molar-refractivity contribution >= 4 is 5.82 Å². The first-order valence-electron chi connectivity index (χ1n) is 10.9. The molecular formula is C24H20F3N5O3. The summed E-state index contributed by atoms with van der Waals surface area (Å²) in [6.45, 7) is 2.30. The van der Waals surface area contributed by atoms with E-state index in [1.165, 1.54) is 30.3 Å². The molecule has 0 saturated carbocycles. The maximum absolute atomic E-state index is 12.5. The number of halogens is 3. The second-order valence-corrected chi connectivity index (χ2v) is 8.10. The molecule has 180 valence electrons. The van der Waals surface area contributed by atoms with Gasteiger partial charge in [-0.25, -0.2) is 4.98 Å². The molecule has 0 aliphatic carbocycles. The average molecular weight is 483 g/mol. The fourth-order valence-electron chi connectivity index (χ4n) is 3.92. The average Bonchev–Trinajstić information content (AvgIpc) is 3.53. The first-order chi connectivity index (χ1) is 16.8. The molecule has 35 heavy (non-hydrogen) atoms. The zero-order valence-electron chi connectivity index (χ0n) is 18.4. The summed E-state index contributed by atoms with van der Waals surface area (Å²) in [5, 5.41) is 3.91. The number of benzene rings is 1. The smallest absolute Gasteiger partial charge is 0.406 e. The van der Waals surface area contributed by atoms with Crippen molar-refractivity contribution in [2.45, 2.75) is 25.7 Å². The largest absolute Gasteiger partial charge is 0.573 e. The summed E-state index contributed by atoms with van der Waals surface area (Å²) in [4.78, 5) is 23.5. The molecule has 1 aliphatic rings.